The lowest BCUT2D eigenvalue weighted by Crippen LogP contribution is -2.60. The molecule has 1 aromatic carbocycles. The summed E-state index contributed by atoms with van der Waals surface area (Å²) in [5, 5.41) is 13.0. The van der Waals surface area contributed by atoms with E-state index in [9.17, 15) is 5.11 Å². The Kier molecular flexibility index (Phi) is 5.34. The summed E-state index contributed by atoms with van der Waals surface area (Å²) in [6.07, 6.45) is 1.16. The molecule has 0 bridgehead atoms. The van der Waals surface area contributed by atoms with Gasteiger partial charge in [-0.25, -0.2) is 0 Å². The van der Waals surface area contributed by atoms with Crippen LogP contribution in [0.25, 0.3) is 0 Å². The van der Waals surface area contributed by atoms with E-state index in [1.54, 1.807) is 7.11 Å². The van der Waals surface area contributed by atoms with Crippen LogP contribution in [0.2, 0.25) is 0 Å². The lowest BCUT2D eigenvalue weighted by atomic mass is 9.84. The van der Waals surface area contributed by atoms with Gasteiger partial charge in [0, 0.05) is 19.8 Å². The van der Waals surface area contributed by atoms with Crippen LogP contribution in [-0.2, 0) is 9.47 Å². The fourth-order valence-corrected chi connectivity index (χ4v) is 2.64. The predicted molar refractivity (Wildman–Crippen MR) is 74.0 cm³/mol. The first-order valence-corrected chi connectivity index (χ1v) is 6.86. The largest absolute Gasteiger partial charge is 0.394 e. The number of aliphatic hydroxyl groups is 1. The first kappa shape index (κ1) is 14.5. The molecule has 0 amide bonds. The Morgan fingerprint density at radius 2 is 2.11 bits per heavy atom. The summed E-state index contributed by atoms with van der Waals surface area (Å²) in [5.41, 5.74) is 1.10. The maximum Gasteiger partial charge on any atom is 0.0987 e. The van der Waals surface area contributed by atoms with Crippen LogP contribution < -0.4 is 5.32 Å². The highest BCUT2D eigenvalue weighted by Gasteiger charge is 2.42. The molecule has 0 spiro atoms. The Balaban J connectivity index is 1.93. The molecule has 106 valence electrons. The number of hydrogen-bond donors (Lipinski definition) is 2. The van der Waals surface area contributed by atoms with Crippen LogP contribution in [-0.4, -0.2) is 43.7 Å². The Morgan fingerprint density at radius 3 is 2.68 bits per heavy atom. The second-order valence-electron chi connectivity index (χ2n) is 4.85. The second-order valence-corrected chi connectivity index (χ2v) is 4.85. The summed E-state index contributed by atoms with van der Waals surface area (Å²) in [7, 11) is 1.71. The van der Waals surface area contributed by atoms with Crippen LogP contribution in [0.4, 0.5) is 0 Å². The topological polar surface area (TPSA) is 50.7 Å². The highest BCUT2D eigenvalue weighted by Crippen LogP contribution is 2.29. The lowest BCUT2D eigenvalue weighted by Gasteiger charge is -2.44. The molecule has 19 heavy (non-hydrogen) atoms. The first-order chi connectivity index (χ1) is 9.30. The van der Waals surface area contributed by atoms with Gasteiger partial charge in [0.25, 0.3) is 0 Å². The highest BCUT2D eigenvalue weighted by molar-refractivity contribution is 5.19. The lowest BCUT2D eigenvalue weighted by molar-refractivity contribution is -0.134. The molecule has 2 N–H and O–H groups in total. The van der Waals surface area contributed by atoms with Crippen molar-refractivity contribution in [2.45, 2.75) is 37.6 Å². The molecule has 2 rings (SSSR count). The first-order valence-electron chi connectivity index (χ1n) is 6.86. The van der Waals surface area contributed by atoms with Crippen molar-refractivity contribution >= 4 is 0 Å². The van der Waals surface area contributed by atoms with E-state index in [2.05, 4.69) is 5.32 Å². The monoisotopic (exact) mass is 265 g/mol. The zero-order chi connectivity index (χ0) is 13.7. The van der Waals surface area contributed by atoms with Gasteiger partial charge >= 0.3 is 0 Å². The van der Waals surface area contributed by atoms with Gasteiger partial charge in [-0.1, -0.05) is 30.3 Å². The van der Waals surface area contributed by atoms with Crippen molar-refractivity contribution in [2.75, 3.05) is 20.3 Å². The molecule has 4 heteroatoms. The van der Waals surface area contributed by atoms with Crippen LogP contribution in [0.5, 0.6) is 0 Å². The molecule has 0 aromatic heterocycles. The van der Waals surface area contributed by atoms with Gasteiger partial charge in [0.1, 0.15) is 0 Å². The molecule has 1 fully saturated rings. The number of rotatable bonds is 7. The van der Waals surface area contributed by atoms with Gasteiger partial charge in [0.2, 0.25) is 0 Å². The minimum absolute atomic E-state index is 0.0496. The molecule has 1 aliphatic carbocycles. The Bertz CT molecular complexity index is 371. The van der Waals surface area contributed by atoms with Crippen molar-refractivity contribution in [2.24, 2.45) is 0 Å². The number of nitrogens with one attached hydrogen (secondary N) is 1. The number of benzene rings is 1. The summed E-state index contributed by atoms with van der Waals surface area (Å²) in [5.74, 6) is 0. The Hall–Kier alpha value is -0.940. The van der Waals surface area contributed by atoms with E-state index in [0.29, 0.717) is 6.61 Å². The quantitative estimate of drug-likeness (QED) is 0.784. The SMILES string of the molecule is CCOC1CC(N[C@@H](CO)c2ccccc2)C1OC. The molecule has 0 heterocycles. The third kappa shape index (κ3) is 3.34. The van der Waals surface area contributed by atoms with E-state index < -0.39 is 0 Å². The minimum atomic E-state index is -0.0496. The molecule has 3 unspecified atom stereocenters. The van der Waals surface area contributed by atoms with E-state index in [1.165, 1.54) is 0 Å². The minimum Gasteiger partial charge on any atom is -0.394 e. The third-order valence-corrected chi connectivity index (χ3v) is 3.70. The summed E-state index contributed by atoms with van der Waals surface area (Å²) >= 11 is 0. The number of hydrogen-bond acceptors (Lipinski definition) is 4. The van der Waals surface area contributed by atoms with Crippen LogP contribution in [0.15, 0.2) is 30.3 Å². The average molecular weight is 265 g/mol. The van der Waals surface area contributed by atoms with E-state index in [4.69, 9.17) is 9.47 Å². The molecule has 0 aliphatic heterocycles. The highest BCUT2D eigenvalue weighted by atomic mass is 16.5. The Morgan fingerprint density at radius 1 is 1.37 bits per heavy atom. The van der Waals surface area contributed by atoms with Gasteiger partial charge in [-0.05, 0) is 18.9 Å². The van der Waals surface area contributed by atoms with Crippen LogP contribution in [0.1, 0.15) is 24.9 Å². The maximum absolute atomic E-state index is 9.54. The van der Waals surface area contributed by atoms with Crippen LogP contribution in [0, 0.1) is 0 Å². The number of methoxy groups -OCH3 is 1. The maximum atomic E-state index is 9.54. The zero-order valence-corrected chi connectivity index (χ0v) is 11.6. The van der Waals surface area contributed by atoms with E-state index >= 15 is 0 Å². The molecule has 1 saturated carbocycles. The summed E-state index contributed by atoms with van der Waals surface area (Å²) in [6.45, 7) is 2.78. The van der Waals surface area contributed by atoms with Gasteiger partial charge < -0.3 is 19.9 Å². The molecule has 0 saturated heterocycles. The molecule has 1 aromatic rings. The van der Waals surface area contributed by atoms with E-state index in [-0.39, 0.29) is 30.9 Å². The molecule has 1 aliphatic rings. The number of ether oxygens (including phenoxy) is 2. The van der Waals surface area contributed by atoms with Gasteiger partial charge in [0.15, 0.2) is 0 Å². The van der Waals surface area contributed by atoms with Crippen molar-refractivity contribution in [3.63, 3.8) is 0 Å². The fourth-order valence-electron chi connectivity index (χ4n) is 2.64. The molecular formula is C15H23NO3. The molecule has 0 radical (unpaired) electrons. The van der Waals surface area contributed by atoms with Gasteiger partial charge in [-0.2, -0.15) is 0 Å². The van der Waals surface area contributed by atoms with Crippen molar-refractivity contribution in [1.82, 2.24) is 5.32 Å². The molecule has 4 nitrogen and oxygen atoms in total. The second kappa shape index (κ2) is 7.01. The zero-order valence-electron chi connectivity index (χ0n) is 11.6. The van der Waals surface area contributed by atoms with Gasteiger partial charge in [-0.15, -0.1) is 0 Å². The standard InChI is InChI=1S/C15H23NO3/c1-3-19-14-9-12(15(14)18-2)16-13(10-17)11-7-5-4-6-8-11/h4-8,12-17H,3,9-10H2,1-2H3/t12?,13-,14?,15?/m0/s1. The summed E-state index contributed by atoms with van der Waals surface area (Å²) < 4.78 is 11.1. The fraction of sp³-hybridized carbons (Fsp3) is 0.600. The van der Waals surface area contributed by atoms with Gasteiger partial charge in [0.05, 0.1) is 24.9 Å². The molecule has 4 atom stereocenters. The van der Waals surface area contributed by atoms with E-state index in [0.717, 1.165) is 12.0 Å². The third-order valence-electron chi connectivity index (χ3n) is 3.70. The van der Waals surface area contributed by atoms with Crippen molar-refractivity contribution in [3.8, 4) is 0 Å². The van der Waals surface area contributed by atoms with Gasteiger partial charge in [-0.3, -0.25) is 0 Å². The van der Waals surface area contributed by atoms with Crippen molar-refractivity contribution in [3.05, 3.63) is 35.9 Å². The molecular weight excluding hydrogens is 242 g/mol. The van der Waals surface area contributed by atoms with E-state index in [1.807, 2.05) is 37.3 Å². The summed E-state index contributed by atoms with van der Waals surface area (Å²) in [6, 6.07) is 10.2. The van der Waals surface area contributed by atoms with Crippen molar-refractivity contribution < 1.29 is 14.6 Å². The van der Waals surface area contributed by atoms with Crippen molar-refractivity contribution in [1.29, 1.82) is 0 Å². The Labute approximate surface area is 114 Å². The van der Waals surface area contributed by atoms with Crippen LogP contribution in [0.3, 0.4) is 0 Å². The summed E-state index contributed by atoms with van der Waals surface area (Å²) in [4.78, 5) is 0. The number of aliphatic hydroxyl groups excluding tert-OH is 1. The predicted octanol–water partition coefficient (Wildman–Crippen LogP) is 1.50. The average Bonchev–Trinajstić information content (AvgIpc) is 2.43. The smallest absolute Gasteiger partial charge is 0.0987 e. The van der Waals surface area contributed by atoms with Crippen LogP contribution >= 0.6 is 0 Å². The normalized spacial score (nSPS) is 27.8.